The lowest BCUT2D eigenvalue weighted by Gasteiger charge is -2.13. The molecule has 102 valence electrons. The second-order valence-electron chi connectivity index (χ2n) is 4.11. The molecule has 0 aliphatic heterocycles. The quantitative estimate of drug-likeness (QED) is 0.918. The van der Waals surface area contributed by atoms with Crippen molar-refractivity contribution in [3.8, 4) is 16.9 Å². The van der Waals surface area contributed by atoms with Crippen molar-refractivity contribution in [1.29, 1.82) is 0 Å². The number of nitrogens with zero attached hydrogens (tertiary/aromatic N) is 2. The van der Waals surface area contributed by atoms with Crippen LogP contribution < -0.4 is 10.5 Å². The number of rotatable bonds is 4. The molecule has 0 aliphatic carbocycles. The Bertz CT molecular complexity index is 596. The minimum absolute atomic E-state index is 0.128. The van der Waals surface area contributed by atoms with Crippen LogP contribution >= 0.6 is 0 Å². The molecular weight excluding hydrogens is 249 g/mol. The van der Waals surface area contributed by atoms with Crippen LogP contribution in [0.5, 0.6) is 5.75 Å². The lowest BCUT2D eigenvalue weighted by Crippen LogP contribution is -2.02. The van der Waals surface area contributed by atoms with E-state index in [4.69, 9.17) is 15.2 Å². The molecule has 6 heteroatoms. The van der Waals surface area contributed by atoms with Gasteiger partial charge in [-0.1, -0.05) is 0 Å². The average Bonchev–Trinajstić information content (AvgIpc) is 2.73. The minimum Gasteiger partial charge on any atom is -0.496 e. The zero-order valence-corrected chi connectivity index (χ0v) is 11.1. The minimum atomic E-state index is -0.370. The molecule has 0 saturated heterocycles. The fraction of sp³-hybridized carbons (Fsp3) is 0.308. The molecular formula is C13H16FN3O2. The standard InChI is InChI=1S/C13H16FN3O2/c1-17-13(15)9(6-16-17)8-4-5-11(14)10(7-18-2)12(8)19-3/h4-6H,7,15H2,1-3H3. The number of hydrogen-bond donors (Lipinski definition) is 1. The Balaban J connectivity index is 2.64. The van der Waals surface area contributed by atoms with Gasteiger partial charge in [0.05, 0.1) is 25.5 Å². The molecule has 0 bridgehead atoms. The molecule has 19 heavy (non-hydrogen) atoms. The van der Waals surface area contributed by atoms with Gasteiger partial charge in [-0.15, -0.1) is 0 Å². The number of halogens is 1. The molecule has 0 fully saturated rings. The van der Waals surface area contributed by atoms with E-state index in [0.29, 0.717) is 28.3 Å². The van der Waals surface area contributed by atoms with E-state index in [1.807, 2.05) is 0 Å². The third kappa shape index (κ3) is 2.26. The molecule has 0 saturated carbocycles. The van der Waals surface area contributed by atoms with Gasteiger partial charge >= 0.3 is 0 Å². The number of ether oxygens (including phenoxy) is 2. The van der Waals surface area contributed by atoms with Crippen molar-refractivity contribution in [2.75, 3.05) is 20.0 Å². The van der Waals surface area contributed by atoms with Crippen LogP contribution in [0.3, 0.4) is 0 Å². The summed E-state index contributed by atoms with van der Waals surface area (Å²) in [6.07, 6.45) is 1.63. The highest BCUT2D eigenvalue weighted by Gasteiger charge is 2.18. The SMILES string of the molecule is COCc1c(F)ccc(-c2cnn(C)c2N)c1OC. The molecule has 2 N–H and O–H groups in total. The first-order valence-electron chi connectivity index (χ1n) is 5.72. The molecule has 2 aromatic rings. The summed E-state index contributed by atoms with van der Waals surface area (Å²) in [5.41, 5.74) is 7.71. The Kier molecular flexibility index (Phi) is 3.71. The number of methoxy groups -OCH3 is 2. The summed E-state index contributed by atoms with van der Waals surface area (Å²) in [7, 11) is 4.73. The number of aryl methyl sites for hydroxylation is 1. The van der Waals surface area contributed by atoms with Gasteiger partial charge in [-0.05, 0) is 12.1 Å². The van der Waals surface area contributed by atoms with Crippen LogP contribution in [0.4, 0.5) is 10.2 Å². The maximum atomic E-state index is 13.8. The van der Waals surface area contributed by atoms with E-state index < -0.39 is 0 Å². The third-order valence-electron chi connectivity index (χ3n) is 2.97. The monoisotopic (exact) mass is 265 g/mol. The zero-order chi connectivity index (χ0) is 14.0. The van der Waals surface area contributed by atoms with Gasteiger partial charge in [0.2, 0.25) is 0 Å². The highest BCUT2D eigenvalue weighted by molar-refractivity contribution is 5.79. The van der Waals surface area contributed by atoms with E-state index in [1.165, 1.54) is 20.3 Å². The van der Waals surface area contributed by atoms with Crippen LogP contribution in [0, 0.1) is 5.82 Å². The first-order valence-corrected chi connectivity index (χ1v) is 5.72. The van der Waals surface area contributed by atoms with Gasteiger partial charge in [0.25, 0.3) is 0 Å². The molecule has 0 atom stereocenters. The second kappa shape index (κ2) is 5.27. The van der Waals surface area contributed by atoms with Crippen molar-refractivity contribution in [1.82, 2.24) is 9.78 Å². The van der Waals surface area contributed by atoms with E-state index in [1.54, 1.807) is 24.0 Å². The highest BCUT2D eigenvalue weighted by Crippen LogP contribution is 2.37. The smallest absolute Gasteiger partial charge is 0.135 e. The van der Waals surface area contributed by atoms with E-state index in [0.717, 1.165) is 0 Å². The Labute approximate surface area is 110 Å². The third-order valence-corrected chi connectivity index (χ3v) is 2.97. The molecule has 0 radical (unpaired) electrons. The van der Waals surface area contributed by atoms with Crippen LogP contribution in [0.25, 0.3) is 11.1 Å². The Morgan fingerprint density at radius 3 is 2.58 bits per heavy atom. The van der Waals surface area contributed by atoms with Crippen LogP contribution in [-0.4, -0.2) is 24.0 Å². The van der Waals surface area contributed by atoms with Crippen molar-refractivity contribution in [2.24, 2.45) is 7.05 Å². The summed E-state index contributed by atoms with van der Waals surface area (Å²) in [5.74, 6) is 0.541. The number of nitrogen functional groups attached to an aromatic ring is 1. The Hall–Kier alpha value is -2.08. The van der Waals surface area contributed by atoms with Crippen LogP contribution in [0.2, 0.25) is 0 Å². The first kappa shape index (κ1) is 13.4. The fourth-order valence-corrected chi connectivity index (χ4v) is 1.98. The largest absolute Gasteiger partial charge is 0.496 e. The Morgan fingerprint density at radius 2 is 2.05 bits per heavy atom. The van der Waals surface area contributed by atoms with Crippen molar-refractivity contribution in [3.05, 3.63) is 29.7 Å². The molecule has 0 amide bonds. The van der Waals surface area contributed by atoms with Crippen molar-refractivity contribution in [2.45, 2.75) is 6.61 Å². The fourth-order valence-electron chi connectivity index (χ4n) is 1.98. The van der Waals surface area contributed by atoms with Crippen molar-refractivity contribution >= 4 is 5.82 Å². The predicted octanol–water partition coefficient (Wildman–Crippen LogP) is 1.96. The Morgan fingerprint density at radius 1 is 1.32 bits per heavy atom. The lowest BCUT2D eigenvalue weighted by atomic mass is 10.0. The first-order chi connectivity index (χ1) is 9.10. The topological polar surface area (TPSA) is 62.3 Å². The summed E-state index contributed by atoms with van der Waals surface area (Å²) in [5, 5.41) is 4.08. The van der Waals surface area contributed by atoms with Gasteiger partial charge in [-0.3, -0.25) is 4.68 Å². The van der Waals surface area contributed by atoms with E-state index in [9.17, 15) is 4.39 Å². The molecule has 1 aromatic carbocycles. The molecule has 1 aromatic heterocycles. The number of hydrogen-bond acceptors (Lipinski definition) is 4. The predicted molar refractivity (Wildman–Crippen MR) is 70.3 cm³/mol. The molecule has 2 rings (SSSR count). The summed E-state index contributed by atoms with van der Waals surface area (Å²) in [4.78, 5) is 0. The number of anilines is 1. The van der Waals surface area contributed by atoms with Crippen molar-refractivity contribution < 1.29 is 13.9 Å². The van der Waals surface area contributed by atoms with Crippen LogP contribution in [-0.2, 0) is 18.4 Å². The highest BCUT2D eigenvalue weighted by atomic mass is 19.1. The lowest BCUT2D eigenvalue weighted by molar-refractivity contribution is 0.178. The molecule has 0 unspecified atom stereocenters. The average molecular weight is 265 g/mol. The summed E-state index contributed by atoms with van der Waals surface area (Å²) in [6, 6.07) is 3.00. The summed E-state index contributed by atoms with van der Waals surface area (Å²) >= 11 is 0. The maximum absolute atomic E-state index is 13.8. The van der Waals surface area contributed by atoms with E-state index >= 15 is 0 Å². The van der Waals surface area contributed by atoms with Gasteiger partial charge in [0.15, 0.2) is 0 Å². The van der Waals surface area contributed by atoms with Gasteiger partial charge in [-0.25, -0.2) is 4.39 Å². The van der Waals surface area contributed by atoms with E-state index in [-0.39, 0.29) is 12.4 Å². The van der Waals surface area contributed by atoms with Crippen LogP contribution in [0.15, 0.2) is 18.3 Å². The normalized spacial score (nSPS) is 10.7. The molecule has 0 aliphatic rings. The van der Waals surface area contributed by atoms with Gasteiger partial charge in [0, 0.05) is 25.3 Å². The van der Waals surface area contributed by atoms with Gasteiger partial charge in [0.1, 0.15) is 17.4 Å². The zero-order valence-electron chi connectivity index (χ0n) is 11.1. The van der Waals surface area contributed by atoms with Gasteiger partial charge in [-0.2, -0.15) is 5.10 Å². The van der Waals surface area contributed by atoms with Crippen LogP contribution in [0.1, 0.15) is 5.56 Å². The summed E-state index contributed by atoms with van der Waals surface area (Å²) in [6.45, 7) is 0.128. The number of aromatic nitrogens is 2. The number of nitrogens with two attached hydrogens (primary N) is 1. The maximum Gasteiger partial charge on any atom is 0.135 e. The number of benzene rings is 1. The molecule has 0 spiro atoms. The summed E-state index contributed by atoms with van der Waals surface area (Å²) < 4.78 is 25.7. The molecule has 5 nitrogen and oxygen atoms in total. The second-order valence-corrected chi connectivity index (χ2v) is 4.11. The van der Waals surface area contributed by atoms with Crippen molar-refractivity contribution in [3.63, 3.8) is 0 Å². The van der Waals surface area contributed by atoms with Gasteiger partial charge < -0.3 is 15.2 Å². The van der Waals surface area contributed by atoms with E-state index in [2.05, 4.69) is 5.10 Å². The molecule has 1 heterocycles.